The first-order valence-electron chi connectivity index (χ1n) is 9.75. The minimum absolute atomic E-state index is 0.154. The number of hydrogen-bond donors (Lipinski definition) is 0. The first-order chi connectivity index (χ1) is 14.4. The van der Waals surface area contributed by atoms with E-state index in [0.29, 0.717) is 47.9 Å². The molecule has 30 heavy (non-hydrogen) atoms. The SMILES string of the molecule is Cc1ccc2c(c1)c(=O)n(-c1ccc(C)c(Cl)c1)c(=O)n2CC(=O)N1CCOCC1. The van der Waals surface area contributed by atoms with Gasteiger partial charge in [-0.3, -0.25) is 14.2 Å². The van der Waals surface area contributed by atoms with Crippen molar-refractivity contribution in [3.63, 3.8) is 0 Å². The lowest BCUT2D eigenvalue weighted by Gasteiger charge is -2.27. The van der Waals surface area contributed by atoms with Crippen LogP contribution in [-0.4, -0.2) is 46.2 Å². The van der Waals surface area contributed by atoms with Crippen LogP contribution in [0, 0.1) is 13.8 Å². The van der Waals surface area contributed by atoms with Crippen molar-refractivity contribution in [2.75, 3.05) is 26.3 Å². The average molecular weight is 428 g/mol. The summed E-state index contributed by atoms with van der Waals surface area (Å²) in [5.41, 5.74) is 1.53. The molecule has 1 fully saturated rings. The van der Waals surface area contributed by atoms with Crippen molar-refractivity contribution in [2.45, 2.75) is 20.4 Å². The summed E-state index contributed by atoms with van der Waals surface area (Å²) in [6, 6.07) is 10.3. The highest BCUT2D eigenvalue weighted by molar-refractivity contribution is 6.31. The van der Waals surface area contributed by atoms with Gasteiger partial charge in [0.2, 0.25) is 5.91 Å². The highest BCUT2D eigenvalue weighted by Crippen LogP contribution is 2.19. The smallest absolute Gasteiger partial charge is 0.336 e. The zero-order chi connectivity index (χ0) is 21.4. The maximum absolute atomic E-state index is 13.4. The van der Waals surface area contributed by atoms with E-state index >= 15 is 0 Å². The van der Waals surface area contributed by atoms with Gasteiger partial charge >= 0.3 is 5.69 Å². The number of amides is 1. The van der Waals surface area contributed by atoms with E-state index in [0.717, 1.165) is 15.7 Å². The number of carbonyl (C=O) groups is 1. The molecule has 0 atom stereocenters. The Bertz CT molecular complexity index is 1260. The molecular formula is C22H22ClN3O4. The fourth-order valence-corrected chi connectivity index (χ4v) is 3.81. The minimum atomic E-state index is -0.571. The lowest BCUT2D eigenvalue weighted by molar-refractivity contribution is -0.135. The number of halogens is 1. The number of benzene rings is 2. The monoisotopic (exact) mass is 427 g/mol. The summed E-state index contributed by atoms with van der Waals surface area (Å²) < 4.78 is 7.75. The van der Waals surface area contributed by atoms with E-state index in [2.05, 4.69) is 0 Å². The number of nitrogens with zero attached hydrogens (tertiary/aromatic N) is 3. The molecule has 0 bridgehead atoms. The first-order valence-corrected chi connectivity index (χ1v) is 10.1. The van der Waals surface area contributed by atoms with E-state index in [9.17, 15) is 14.4 Å². The van der Waals surface area contributed by atoms with Crippen LogP contribution in [0.1, 0.15) is 11.1 Å². The molecule has 0 aliphatic carbocycles. The fourth-order valence-electron chi connectivity index (χ4n) is 3.64. The predicted octanol–water partition coefficient (Wildman–Crippen LogP) is 2.28. The van der Waals surface area contributed by atoms with Crippen LogP contribution in [0.5, 0.6) is 0 Å². The molecule has 0 unspecified atom stereocenters. The highest BCUT2D eigenvalue weighted by Gasteiger charge is 2.21. The summed E-state index contributed by atoms with van der Waals surface area (Å²) in [5, 5.41) is 0.833. The van der Waals surface area contributed by atoms with Gasteiger partial charge in [-0.1, -0.05) is 29.3 Å². The summed E-state index contributed by atoms with van der Waals surface area (Å²) in [5.74, 6) is -0.186. The Morgan fingerprint density at radius 1 is 1.07 bits per heavy atom. The van der Waals surface area contributed by atoms with Crippen molar-refractivity contribution in [1.82, 2.24) is 14.0 Å². The number of aryl methyl sites for hydroxylation is 2. The first kappa shape index (κ1) is 20.4. The summed E-state index contributed by atoms with van der Waals surface area (Å²) >= 11 is 6.24. The third-order valence-corrected chi connectivity index (χ3v) is 5.78. The van der Waals surface area contributed by atoms with Crippen molar-refractivity contribution in [3.05, 3.63) is 73.4 Å². The number of rotatable bonds is 3. The molecular weight excluding hydrogens is 406 g/mol. The lowest BCUT2D eigenvalue weighted by atomic mass is 10.1. The summed E-state index contributed by atoms with van der Waals surface area (Å²) in [6.45, 7) is 5.48. The third-order valence-electron chi connectivity index (χ3n) is 5.37. The van der Waals surface area contributed by atoms with Gasteiger partial charge in [0.1, 0.15) is 6.54 Å². The van der Waals surface area contributed by atoms with Crippen LogP contribution < -0.4 is 11.2 Å². The van der Waals surface area contributed by atoms with E-state index in [-0.39, 0.29) is 12.5 Å². The van der Waals surface area contributed by atoms with E-state index in [1.54, 1.807) is 35.2 Å². The third kappa shape index (κ3) is 3.66. The average Bonchev–Trinajstić information content (AvgIpc) is 2.74. The number of fused-ring (bicyclic) bond motifs is 1. The van der Waals surface area contributed by atoms with Gasteiger partial charge in [-0.15, -0.1) is 0 Å². The van der Waals surface area contributed by atoms with Crippen LogP contribution in [0.3, 0.4) is 0 Å². The minimum Gasteiger partial charge on any atom is -0.378 e. The summed E-state index contributed by atoms with van der Waals surface area (Å²) in [4.78, 5) is 41.2. The van der Waals surface area contributed by atoms with Gasteiger partial charge in [-0.05, 0) is 43.7 Å². The van der Waals surface area contributed by atoms with E-state index < -0.39 is 11.2 Å². The Morgan fingerprint density at radius 3 is 2.50 bits per heavy atom. The zero-order valence-corrected chi connectivity index (χ0v) is 17.6. The second-order valence-corrected chi connectivity index (χ2v) is 7.86. The molecule has 4 rings (SSSR count). The van der Waals surface area contributed by atoms with E-state index in [4.69, 9.17) is 16.3 Å². The molecule has 3 aromatic rings. The molecule has 1 aliphatic heterocycles. The maximum atomic E-state index is 13.4. The Balaban J connectivity index is 1.92. The van der Waals surface area contributed by atoms with Crippen molar-refractivity contribution in [3.8, 4) is 5.69 Å². The predicted molar refractivity (Wildman–Crippen MR) is 116 cm³/mol. The summed E-state index contributed by atoms with van der Waals surface area (Å²) in [6.07, 6.45) is 0. The molecule has 1 aliphatic rings. The van der Waals surface area contributed by atoms with Crippen LogP contribution in [0.2, 0.25) is 5.02 Å². The largest absolute Gasteiger partial charge is 0.378 e. The van der Waals surface area contributed by atoms with Gasteiger partial charge in [0.15, 0.2) is 0 Å². The molecule has 8 heteroatoms. The van der Waals surface area contributed by atoms with Crippen LogP contribution in [-0.2, 0) is 16.1 Å². The van der Waals surface area contributed by atoms with Crippen molar-refractivity contribution in [1.29, 1.82) is 0 Å². The standard InChI is InChI=1S/C22H22ClN3O4/c1-14-3-6-19-17(11-14)21(28)26(16-5-4-15(2)18(23)12-16)22(29)25(19)13-20(27)24-7-9-30-10-8-24/h3-6,11-12H,7-10,13H2,1-2H3. The van der Waals surface area contributed by atoms with Gasteiger partial charge in [0, 0.05) is 18.1 Å². The quantitative estimate of drug-likeness (QED) is 0.642. The molecule has 2 aromatic carbocycles. The Labute approximate surface area is 178 Å². The van der Waals surface area contributed by atoms with E-state index in [1.165, 1.54) is 4.57 Å². The molecule has 1 saturated heterocycles. The van der Waals surface area contributed by atoms with Gasteiger partial charge in [-0.25, -0.2) is 9.36 Å². The molecule has 1 aromatic heterocycles. The molecule has 2 heterocycles. The number of carbonyl (C=O) groups excluding carboxylic acids is 1. The number of hydrogen-bond acceptors (Lipinski definition) is 4. The number of ether oxygens (including phenoxy) is 1. The summed E-state index contributed by atoms with van der Waals surface area (Å²) in [7, 11) is 0. The molecule has 0 saturated carbocycles. The lowest BCUT2D eigenvalue weighted by Crippen LogP contribution is -2.45. The normalized spacial score (nSPS) is 14.3. The fraction of sp³-hybridized carbons (Fsp3) is 0.318. The molecule has 1 amide bonds. The Kier molecular flexibility index (Phi) is 5.49. The number of morpholine rings is 1. The molecule has 156 valence electrons. The van der Waals surface area contributed by atoms with Crippen molar-refractivity contribution < 1.29 is 9.53 Å². The van der Waals surface area contributed by atoms with E-state index in [1.807, 2.05) is 19.9 Å². The zero-order valence-electron chi connectivity index (χ0n) is 16.9. The molecule has 0 N–H and O–H groups in total. The van der Waals surface area contributed by atoms with Crippen LogP contribution in [0.4, 0.5) is 0 Å². The van der Waals surface area contributed by atoms with Gasteiger partial charge in [-0.2, -0.15) is 0 Å². The highest BCUT2D eigenvalue weighted by atomic mass is 35.5. The van der Waals surface area contributed by atoms with Crippen LogP contribution in [0.15, 0.2) is 46.0 Å². The molecule has 7 nitrogen and oxygen atoms in total. The Hall–Kier alpha value is -2.90. The topological polar surface area (TPSA) is 73.5 Å². The van der Waals surface area contributed by atoms with Gasteiger partial charge < -0.3 is 9.64 Å². The second-order valence-electron chi connectivity index (χ2n) is 7.46. The van der Waals surface area contributed by atoms with Gasteiger partial charge in [0.25, 0.3) is 5.56 Å². The maximum Gasteiger partial charge on any atom is 0.336 e. The number of aromatic nitrogens is 2. The van der Waals surface area contributed by atoms with Crippen molar-refractivity contribution in [2.24, 2.45) is 0 Å². The molecule has 0 radical (unpaired) electrons. The second kappa shape index (κ2) is 8.08. The Morgan fingerprint density at radius 2 is 1.80 bits per heavy atom. The van der Waals surface area contributed by atoms with Crippen LogP contribution in [0.25, 0.3) is 16.6 Å². The van der Waals surface area contributed by atoms with Crippen LogP contribution >= 0.6 is 11.6 Å². The molecule has 0 spiro atoms. The van der Waals surface area contributed by atoms with Crippen molar-refractivity contribution >= 4 is 28.4 Å². The van der Waals surface area contributed by atoms with Gasteiger partial charge in [0.05, 0.1) is 29.8 Å².